The summed E-state index contributed by atoms with van der Waals surface area (Å²) in [5.41, 5.74) is 7.62. The topological polar surface area (TPSA) is 75.4 Å². The first kappa shape index (κ1) is 18.0. The molecule has 0 aromatic heterocycles. The maximum atomic E-state index is 12.3. The molecule has 126 valence electrons. The molecule has 0 fully saturated rings. The lowest BCUT2D eigenvalue weighted by atomic mass is 10.1. The van der Waals surface area contributed by atoms with E-state index >= 15 is 0 Å². The summed E-state index contributed by atoms with van der Waals surface area (Å²) in [5, 5.41) is 2.97. The predicted molar refractivity (Wildman–Crippen MR) is 97.5 cm³/mol. The molecule has 0 saturated heterocycles. The number of nitrogens with one attached hydrogen (secondary N) is 1. The molecule has 2 aromatic carbocycles. The summed E-state index contributed by atoms with van der Waals surface area (Å²) in [5.74, 6) is -0.463. The standard InChI is InChI=1S/C18H20BrN3O2/c1-12(15-4-3-5-16(19)10-15)21-18(24)22(2)11-13-6-8-14(9-7-13)17(20)23/h3-10,12H,11H2,1-2H3,(H2,20,23)(H,21,24)/t12-/m1/s1. The van der Waals surface area contributed by atoms with E-state index in [1.54, 1.807) is 36.2 Å². The highest BCUT2D eigenvalue weighted by atomic mass is 79.9. The number of amides is 3. The van der Waals surface area contributed by atoms with Crippen LogP contribution in [0.2, 0.25) is 0 Å². The van der Waals surface area contributed by atoms with Gasteiger partial charge in [-0.3, -0.25) is 4.79 Å². The van der Waals surface area contributed by atoms with Gasteiger partial charge < -0.3 is 16.0 Å². The average molecular weight is 390 g/mol. The number of carbonyl (C=O) groups is 2. The zero-order valence-electron chi connectivity index (χ0n) is 13.6. The summed E-state index contributed by atoms with van der Waals surface area (Å²) in [6, 6.07) is 14.5. The maximum Gasteiger partial charge on any atom is 0.317 e. The quantitative estimate of drug-likeness (QED) is 0.821. The first-order valence-corrected chi connectivity index (χ1v) is 8.32. The molecule has 24 heavy (non-hydrogen) atoms. The van der Waals surface area contributed by atoms with Crippen molar-refractivity contribution < 1.29 is 9.59 Å². The number of primary amides is 1. The van der Waals surface area contributed by atoms with Crippen LogP contribution in [0.1, 0.15) is 34.5 Å². The fraction of sp³-hybridized carbons (Fsp3) is 0.222. The van der Waals surface area contributed by atoms with E-state index in [2.05, 4.69) is 21.2 Å². The number of hydrogen-bond donors (Lipinski definition) is 2. The zero-order valence-corrected chi connectivity index (χ0v) is 15.2. The number of carbonyl (C=O) groups excluding carboxylic acids is 2. The van der Waals surface area contributed by atoms with Gasteiger partial charge in [-0.2, -0.15) is 0 Å². The molecular weight excluding hydrogens is 370 g/mol. The summed E-state index contributed by atoms with van der Waals surface area (Å²) in [6.07, 6.45) is 0. The van der Waals surface area contributed by atoms with Gasteiger partial charge in [0.2, 0.25) is 5.91 Å². The Bertz CT molecular complexity index is 731. The van der Waals surface area contributed by atoms with Crippen LogP contribution in [-0.2, 0) is 6.54 Å². The van der Waals surface area contributed by atoms with Gasteiger partial charge in [-0.25, -0.2) is 4.79 Å². The summed E-state index contributed by atoms with van der Waals surface area (Å²) in [6.45, 7) is 2.38. The number of halogens is 1. The molecule has 0 bridgehead atoms. The van der Waals surface area contributed by atoms with Crippen molar-refractivity contribution in [2.75, 3.05) is 7.05 Å². The number of urea groups is 1. The number of hydrogen-bond acceptors (Lipinski definition) is 2. The van der Waals surface area contributed by atoms with Crippen LogP contribution in [0.3, 0.4) is 0 Å². The normalized spacial score (nSPS) is 11.6. The van der Waals surface area contributed by atoms with Gasteiger partial charge in [-0.1, -0.05) is 40.2 Å². The molecule has 0 radical (unpaired) electrons. The van der Waals surface area contributed by atoms with Gasteiger partial charge in [0, 0.05) is 23.6 Å². The van der Waals surface area contributed by atoms with Crippen LogP contribution >= 0.6 is 15.9 Å². The molecule has 0 aliphatic heterocycles. The fourth-order valence-electron chi connectivity index (χ4n) is 2.27. The number of nitrogens with two attached hydrogens (primary N) is 1. The van der Waals surface area contributed by atoms with E-state index in [0.29, 0.717) is 12.1 Å². The van der Waals surface area contributed by atoms with E-state index in [0.717, 1.165) is 15.6 Å². The zero-order chi connectivity index (χ0) is 17.7. The van der Waals surface area contributed by atoms with Crippen molar-refractivity contribution in [3.8, 4) is 0 Å². The largest absolute Gasteiger partial charge is 0.366 e. The molecule has 0 heterocycles. The molecule has 0 spiro atoms. The second kappa shape index (κ2) is 7.97. The third kappa shape index (κ3) is 4.83. The highest BCUT2D eigenvalue weighted by molar-refractivity contribution is 9.10. The first-order valence-electron chi connectivity index (χ1n) is 7.52. The maximum absolute atomic E-state index is 12.3. The minimum absolute atomic E-state index is 0.102. The van der Waals surface area contributed by atoms with Crippen molar-refractivity contribution in [2.45, 2.75) is 19.5 Å². The van der Waals surface area contributed by atoms with E-state index in [9.17, 15) is 9.59 Å². The molecule has 0 aliphatic carbocycles. The predicted octanol–water partition coefficient (Wildman–Crippen LogP) is 3.45. The Hall–Kier alpha value is -2.34. The Balaban J connectivity index is 1.95. The highest BCUT2D eigenvalue weighted by Gasteiger charge is 2.14. The lowest BCUT2D eigenvalue weighted by Crippen LogP contribution is -2.38. The monoisotopic (exact) mass is 389 g/mol. The van der Waals surface area contributed by atoms with Crippen molar-refractivity contribution >= 4 is 27.9 Å². The van der Waals surface area contributed by atoms with Crippen LogP contribution in [0.15, 0.2) is 53.0 Å². The second-order valence-corrected chi connectivity index (χ2v) is 6.56. The van der Waals surface area contributed by atoms with Gasteiger partial charge in [0.15, 0.2) is 0 Å². The molecule has 2 rings (SSSR count). The van der Waals surface area contributed by atoms with Crippen molar-refractivity contribution in [3.05, 3.63) is 69.7 Å². The van der Waals surface area contributed by atoms with E-state index in [4.69, 9.17) is 5.73 Å². The SMILES string of the molecule is C[C@@H](NC(=O)N(C)Cc1ccc(C(N)=O)cc1)c1cccc(Br)c1. The van der Waals surface area contributed by atoms with Crippen molar-refractivity contribution in [3.63, 3.8) is 0 Å². The Labute approximate surface area is 150 Å². The fourth-order valence-corrected chi connectivity index (χ4v) is 2.69. The van der Waals surface area contributed by atoms with Crippen LogP contribution in [0.4, 0.5) is 4.79 Å². The second-order valence-electron chi connectivity index (χ2n) is 5.64. The molecule has 2 aromatic rings. The summed E-state index contributed by atoms with van der Waals surface area (Å²) < 4.78 is 0.976. The minimum Gasteiger partial charge on any atom is -0.366 e. The van der Waals surface area contributed by atoms with Gasteiger partial charge in [-0.05, 0) is 42.3 Å². The average Bonchev–Trinajstić information content (AvgIpc) is 2.55. The van der Waals surface area contributed by atoms with Gasteiger partial charge in [-0.15, -0.1) is 0 Å². The molecule has 0 aliphatic rings. The summed E-state index contributed by atoms with van der Waals surface area (Å²) >= 11 is 3.43. The Morgan fingerprint density at radius 1 is 1.21 bits per heavy atom. The molecule has 0 unspecified atom stereocenters. The van der Waals surface area contributed by atoms with E-state index in [1.807, 2.05) is 31.2 Å². The third-order valence-electron chi connectivity index (χ3n) is 3.69. The summed E-state index contributed by atoms with van der Waals surface area (Å²) in [7, 11) is 1.73. The number of rotatable bonds is 5. The van der Waals surface area contributed by atoms with Crippen LogP contribution in [-0.4, -0.2) is 23.9 Å². The molecule has 3 amide bonds. The van der Waals surface area contributed by atoms with Crippen LogP contribution in [0.25, 0.3) is 0 Å². The Morgan fingerprint density at radius 2 is 1.88 bits per heavy atom. The van der Waals surface area contributed by atoms with Gasteiger partial charge in [0.25, 0.3) is 0 Å². The number of benzene rings is 2. The van der Waals surface area contributed by atoms with Crippen molar-refractivity contribution in [1.82, 2.24) is 10.2 Å². The molecule has 3 N–H and O–H groups in total. The van der Waals surface area contributed by atoms with E-state index < -0.39 is 5.91 Å². The lowest BCUT2D eigenvalue weighted by Gasteiger charge is -2.22. The molecular formula is C18H20BrN3O2. The van der Waals surface area contributed by atoms with Crippen LogP contribution in [0.5, 0.6) is 0 Å². The third-order valence-corrected chi connectivity index (χ3v) is 4.19. The van der Waals surface area contributed by atoms with Crippen molar-refractivity contribution in [1.29, 1.82) is 0 Å². The van der Waals surface area contributed by atoms with Gasteiger partial charge in [0.1, 0.15) is 0 Å². The molecule has 0 saturated carbocycles. The first-order chi connectivity index (χ1) is 11.4. The lowest BCUT2D eigenvalue weighted by molar-refractivity contribution is 0.1000. The highest BCUT2D eigenvalue weighted by Crippen LogP contribution is 2.18. The van der Waals surface area contributed by atoms with Crippen LogP contribution in [0, 0.1) is 0 Å². The summed E-state index contributed by atoms with van der Waals surface area (Å²) in [4.78, 5) is 25.0. The van der Waals surface area contributed by atoms with Gasteiger partial charge in [0.05, 0.1) is 6.04 Å². The number of nitrogens with zero attached hydrogens (tertiary/aromatic N) is 1. The molecule has 6 heteroatoms. The Kier molecular flexibility index (Phi) is 5.98. The van der Waals surface area contributed by atoms with E-state index in [-0.39, 0.29) is 12.1 Å². The smallest absolute Gasteiger partial charge is 0.317 e. The molecule has 5 nitrogen and oxygen atoms in total. The van der Waals surface area contributed by atoms with Crippen molar-refractivity contribution in [2.24, 2.45) is 5.73 Å². The van der Waals surface area contributed by atoms with Gasteiger partial charge >= 0.3 is 6.03 Å². The molecule has 1 atom stereocenters. The minimum atomic E-state index is -0.463. The Morgan fingerprint density at radius 3 is 2.46 bits per heavy atom. The van der Waals surface area contributed by atoms with E-state index in [1.165, 1.54) is 0 Å². The van der Waals surface area contributed by atoms with Crippen LogP contribution < -0.4 is 11.1 Å².